The minimum atomic E-state index is 0. The van der Waals surface area contributed by atoms with E-state index in [2.05, 4.69) is 29.5 Å². The van der Waals surface area contributed by atoms with Crippen LogP contribution in [0.4, 0.5) is 0 Å². The Balaban J connectivity index is 0.00000200. The van der Waals surface area contributed by atoms with E-state index in [0.29, 0.717) is 12.1 Å². The normalized spacial score (nSPS) is 27.4. The van der Waals surface area contributed by atoms with Gasteiger partial charge in [0.2, 0.25) is 0 Å². The van der Waals surface area contributed by atoms with Crippen molar-refractivity contribution in [2.45, 2.75) is 44.8 Å². The van der Waals surface area contributed by atoms with Crippen LogP contribution in [0.2, 0.25) is 0 Å². The number of hydrogen-bond acceptors (Lipinski definition) is 3. The standard InChI is InChI=1S/C14H28N4O.HI/c1-3-15-14(17-11-13-7-5-9-19-13)16-10-12-6-4-8-18(12)2;/h12-13H,3-11H2,1-2H3,(H2,15,16,17);1H. The molecule has 0 spiro atoms. The highest BCUT2D eigenvalue weighted by atomic mass is 127. The fourth-order valence-electron chi connectivity index (χ4n) is 2.76. The van der Waals surface area contributed by atoms with Crippen molar-refractivity contribution in [2.24, 2.45) is 4.99 Å². The Morgan fingerprint density at radius 1 is 1.30 bits per heavy atom. The number of likely N-dealkylation sites (N-methyl/N-ethyl adjacent to an activating group) is 1. The topological polar surface area (TPSA) is 48.9 Å². The van der Waals surface area contributed by atoms with Crippen LogP contribution in [0.1, 0.15) is 32.6 Å². The third kappa shape index (κ3) is 5.73. The highest BCUT2D eigenvalue weighted by Gasteiger charge is 2.20. The number of aliphatic imine (C=N–C) groups is 1. The molecule has 2 saturated heterocycles. The van der Waals surface area contributed by atoms with E-state index in [4.69, 9.17) is 9.73 Å². The van der Waals surface area contributed by atoms with Gasteiger partial charge in [-0.15, -0.1) is 24.0 Å². The van der Waals surface area contributed by atoms with Gasteiger partial charge in [-0.2, -0.15) is 0 Å². The summed E-state index contributed by atoms with van der Waals surface area (Å²) in [4.78, 5) is 7.11. The molecule has 5 nitrogen and oxygen atoms in total. The van der Waals surface area contributed by atoms with E-state index in [9.17, 15) is 0 Å². The van der Waals surface area contributed by atoms with Gasteiger partial charge >= 0.3 is 0 Å². The Hall–Kier alpha value is -0.0800. The lowest BCUT2D eigenvalue weighted by molar-refractivity contribution is 0.114. The molecule has 2 rings (SSSR count). The van der Waals surface area contributed by atoms with Crippen LogP contribution in [-0.4, -0.2) is 62.8 Å². The molecule has 0 aromatic heterocycles. The number of nitrogens with one attached hydrogen (secondary N) is 2. The van der Waals surface area contributed by atoms with Crippen LogP contribution in [0.25, 0.3) is 0 Å². The second-order valence-electron chi connectivity index (χ2n) is 5.51. The zero-order valence-corrected chi connectivity index (χ0v) is 15.1. The molecular weight excluding hydrogens is 367 g/mol. The number of likely N-dealkylation sites (tertiary alicyclic amines) is 1. The maximum absolute atomic E-state index is 5.62. The Morgan fingerprint density at radius 2 is 2.15 bits per heavy atom. The Labute approximate surface area is 139 Å². The van der Waals surface area contributed by atoms with E-state index in [-0.39, 0.29) is 24.0 Å². The van der Waals surface area contributed by atoms with Crippen molar-refractivity contribution in [3.63, 3.8) is 0 Å². The molecular formula is C14H29IN4O. The number of rotatable bonds is 5. The molecule has 0 saturated carbocycles. The molecule has 2 atom stereocenters. The van der Waals surface area contributed by atoms with Crippen LogP contribution in [0.5, 0.6) is 0 Å². The molecule has 6 heteroatoms. The van der Waals surface area contributed by atoms with Gasteiger partial charge in [-0.3, -0.25) is 4.99 Å². The summed E-state index contributed by atoms with van der Waals surface area (Å²) in [5.41, 5.74) is 0. The fourth-order valence-corrected chi connectivity index (χ4v) is 2.76. The summed E-state index contributed by atoms with van der Waals surface area (Å²) in [7, 11) is 2.19. The van der Waals surface area contributed by atoms with E-state index in [1.165, 1.54) is 25.8 Å². The van der Waals surface area contributed by atoms with E-state index in [0.717, 1.165) is 38.6 Å². The molecule has 2 heterocycles. The second-order valence-corrected chi connectivity index (χ2v) is 5.51. The predicted molar refractivity (Wildman–Crippen MR) is 94.0 cm³/mol. The molecule has 0 amide bonds. The predicted octanol–water partition coefficient (Wildman–Crippen LogP) is 1.43. The van der Waals surface area contributed by atoms with E-state index in [1.54, 1.807) is 0 Å². The summed E-state index contributed by atoms with van der Waals surface area (Å²) in [6.45, 7) is 6.87. The molecule has 2 fully saturated rings. The monoisotopic (exact) mass is 396 g/mol. The molecule has 2 aliphatic heterocycles. The molecule has 0 aliphatic carbocycles. The SMILES string of the molecule is CCNC(=NCC1CCCN1C)NCC1CCCO1.I. The van der Waals surface area contributed by atoms with Gasteiger partial charge in [0.1, 0.15) is 0 Å². The highest BCUT2D eigenvalue weighted by molar-refractivity contribution is 14.0. The minimum absolute atomic E-state index is 0. The summed E-state index contributed by atoms with van der Waals surface area (Å²) >= 11 is 0. The van der Waals surface area contributed by atoms with Crippen molar-refractivity contribution in [3.05, 3.63) is 0 Å². The van der Waals surface area contributed by atoms with Crippen LogP contribution < -0.4 is 10.6 Å². The first kappa shape index (κ1) is 18.0. The van der Waals surface area contributed by atoms with Gasteiger partial charge < -0.3 is 20.3 Å². The van der Waals surface area contributed by atoms with Gasteiger partial charge in [0, 0.05) is 25.7 Å². The molecule has 0 bridgehead atoms. The minimum Gasteiger partial charge on any atom is -0.376 e. The van der Waals surface area contributed by atoms with Crippen LogP contribution >= 0.6 is 24.0 Å². The van der Waals surface area contributed by atoms with Gasteiger partial charge in [-0.1, -0.05) is 0 Å². The number of guanidine groups is 1. The lowest BCUT2D eigenvalue weighted by Gasteiger charge is -2.19. The molecule has 0 aromatic rings. The molecule has 0 radical (unpaired) electrons. The quantitative estimate of drug-likeness (QED) is 0.420. The van der Waals surface area contributed by atoms with Crippen molar-refractivity contribution in [3.8, 4) is 0 Å². The van der Waals surface area contributed by atoms with Gasteiger partial charge in [-0.05, 0) is 46.2 Å². The zero-order chi connectivity index (χ0) is 13.5. The first-order chi connectivity index (χ1) is 9.29. The third-order valence-electron chi connectivity index (χ3n) is 4.00. The number of halogens is 1. The maximum atomic E-state index is 5.62. The highest BCUT2D eigenvalue weighted by Crippen LogP contribution is 2.14. The molecule has 2 N–H and O–H groups in total. The summed E-state index contributed by atoms with van der Waals surface area (Å²) in [6, 6.07) is 0.609. The summed E-state index contributed by atoms with van der Waals surface area (Å²) in [5, 5.41) is 6.71. The van der Waals surface area contributed by atoms with Gasteiger partial charge in [0.05, 0.1) is 12.6 Å². The molecule has 2 unspecified atom stereocenters. The van der Waals surface area contributed by atoms with Crippen molar-refractivity contribution in [2.75, 3.05) is 39.8 Å². The first-order valence-electron chi connectivity index (χ1n) is 7.63. The fraction of sp³-hybridized carbons (Fsp3) is 0.929. The van der Waals surface area contributed by atoms with Crippen molar-refractivity contribution >= 4 is 29.9 Å². The number of ether oxygens (including phenoxy) is 1. The Morgan fingerprint density at radius 3 is 2.75 bits per heavy atom. The summed E-state index contributed by atoms with van der Waals surface area (Å²) < 4.78 is 5.62. The summed E-state index contributed by atoms with van der Waals surface area (Å²) in [5.74, 6) is 0.929. The van der Waals surface area contributed by atoms with Gasteiger partial charge in [-0.25, -0.2) is 0 Å². The van der Waals surface area contributed by atoms with Gasteiger partial charge in [0.15, 0.2) is 5.96 Å². The van der Waals surface area contributed by atoms with Crippen LogP contribution in [0.15, 0.2) is 4.99 Å². The van der Waals surface area contributed by atoms with E-state index < -0.39 is 0 Å². The van der Waals surface area contributed by atoms with Crippen molar-refractivity contribution < 1.29 is 4.74 Å². The van der Waals surface area contributed by atoms with Gasteiger partial charge in [0.25, 0.3) is 0 Å². The summed E-state index contributed by atoms with van der Waals surface area (Å²) in [6.07, 6.45) is 5.28. The molecule has 20 heavy (non-hydrogen) atoms. The van der Waals surface area contributed by atoms with E-state index in [1.807, 2.05) is 0 Å². The maximum Gasteiger partial charge on any atom is 0.191 e. The lowest BCUT2D eigenvalue weighted by atomic mass is 10.2. The Bertz CT molecular complexity index is 295. The average Bonchev–Trinajstić information content (AvgIpc) is 3.04. The van der Waals surface area contributed by atoms with Crippen LogP contribution in [-0.2, 0) is 4.74 Å². The first-order valence-corrected chi connectivity index (χ1v) is 7.63. The zero-order valence-electron chi connectivity index (χ0n) is 12.7. The molecule has 118 valence electrons. The van der Waals surface area contributed by atoms with Crippen molar-refractivity contribution in [1.82, 2.24) is 15.5 Å². The molecule has 2 aliphatic rings. The third-order valence-corrected chi connectivity index (χ3v) is 4.00. The van der Waals surface area contributed by atoms with Crippen LogP contribution in [0.3, 0.4) is 0 Å². The van der Waals surface area contributed by atoms with E-state index >= 15 is 0 Å². The van der Waals surface area contributed by atoms with Crippen molar-refractivity contribution in [1.29, 1.82) is 0 Å². The number of hydrogen-bond donors (Lipinski definition) is 2. The largest absolute Gasteiger partial charge is 0.376 e. The smallest absolute Gasteiger partial charge is 0.191 e. The Kier molecular flexibility index (Phi) is 8.79. The average molecular weight is 396 g/mol. The van der Waals surface area contributed by atoms with Crippen LogP contribution in [0, 0.1) is 0 Å². The number of nitrogens with zero attached hydrogens (tertiary/aromatic N) is 2. The lowest BCUT2D eigenvalue weighted by Crippen LogP contribution is -2.42. The second kappa shape index (κ2) is 9.78. The molecule has 0 aromatic carbocycles.